The van der Waals surface area contributed by atoms with Gasteiger partial charge >= 0.3 is 5.97 Å². The number of phenolic OH excluding ortho intramolecular Hbond substituents is 1. The van der Waals surface area contributed by atoms with Gasteiger partial charge in [-0.05, 0) is 24.3 Å². The third-order valence-corrected chi connectivity index (χ3v) is 4.74. The number of carbonyl (C=O) groups excluding carboxylic acids is 1. The van der Waals surface area contributed by atoms with Crippen LogP contribution in [-0.4, -0.2) is 64.7 Å². The number of carboxylic acid groups (broad SMARTS) is 1. The number of anilines is 2. The first kappa shape index (κ1) is 19.6. The van der Waals surface area contributed by atoms with E-state index < -0.39 is 11.9 Å². The predicted molar refractivity (Wildman–Crippen MR) is 105 cm³/mol. The molecule has 0 aliphatic carbocycles. The molecular weight excluding hydrogens is 360 g/mol. The predicted octanol–water partition coefficient (Wildman–Crippen LogP) is 1.64. The summed E-state index contributed by atoms with van der Waals surface area (Å²) < 4.78 is 0. The number of hydrogen-bond donors (Lipinski definition) is 3. The first-order valence-corrected chi connectivity index (χ1v) is 9.21. The zero-order chi connectivity index (χ0) is 19.9. The molecule has 1 aromatic heterocycles. The van der Waals surface area contributed by atoms with Crippen LogP contribution in [0.1, 0.15) is 6.42 Å². The number of nitrogens with zero attached hydrogens (tertiary/aromatic N) is 3. The Labute approximate surface area is 163 Å². The van der Waals surface area contributed by atoms with Crippen LogP contribution in [0.2, 0.25) is 0 Å². The molecule has 0 spiro atoms. The summed E-state index contributed by atoms with van der Waals surface area (Å²) in [5, 5.41) is 21.6. The Balaban J connectivity index is 1.51. The molecule has 1 aliphatic heterocycles. The molecule has 0 bridgehead atoms. The number of pyridine rings is 1. The van der Waals surface area contributed by atoms with Crippen molar-refractivity contribution in [2.45, 2.75) is 6.42 Å². The van der Waals surface area contributed by atoms with E-state index in [9.17, 15) is 19.8 Å². The smallest absolute Gasteiger partial charge is 0.308 e. The number of amides is 1. The van der Waals surface area contributed by atoms with Gasteiger partial charge in [-0.2, -0.15) is 0 Å². The maximum absolute atomic E-state index is 12.2. The average molecular weight is 384 g/mol. The highest BCUT2D eigenvalue weighted by Crippen LogP contribution is 2.18. The molecule has 3 N–H and O–H groups in total. The van der Waals surface area contributed by atoms with Crippen LogP contribution in [0, 0.1) is 5.92 Å². The van der Waals surface area contributed by atoms with Crippen molar-refractivity contribution >= 4 is 23.4 Å². The van der Waals surface area contributed by atoms with E-state index in [-0.39, 0.29) is 18.1 Å². The zero-order valence-electron chi connectivity index (χ0n) is 15.5. The minimum absolute atomic E-state index is 0.0401. The van der Waals surface area contributed by atoms with Gasteiger partial charge in [0.25, 0.3) is 0 Å². The van der Waals surface area contributed by atoms with Gasteiger partial charge in [0, 0.05) is 57.1 Å². The van der Waals surface area contributed by atoms with Gasteiger partial charge in [-0.1, -0.05) is 12.1 Å². The monoisotopic (exact) mass is 384 g/mol. The average Bonchev–Trinajstić information content (AvgIpc) is 2.68. The molecule has 3 rings (SSSR count). The van der Waals surface area contributed by atoms with E-state index >= 15 is 0 Å². The largest absolute Gasteiger partial charge is 0.508 e. The summed E-state index contributed by atoms with van der Waals surface area (Å²) in [5.41, 5.74) is 0.443. The van der Waals surface area contributed by atoms with Gasteiger partial charge in [0.15, 0.2) is 0 Å². The molecule has 1 saturated heterocycles. The summed E-state index contributed by atoms with van der Waals surface area (Å²) in [6.45, 7) is 3.28. The fourth-order valence-corrected chi connectivity index (χ4v) is 3.26. The van der Waals surface area contributed by atoms with E-state index in [1.54, 1.807) is 18.3 Å². The van der Waals surface area contributed by atoms with Gasteiger partial charge in [0.05, 0.1) is 5.92 Å². The summed E-state index contributed by atoms with van der Waals surface area (Å²) in [4.78, 5) is 32.4. The number of aromatic nitrogens is 1. The van der Waals surface area contributed by atoms with Crippen LogP contribution in [-0.2, 0) is 9.59 Å². The Bertz CT molecular complexity index is 807. The van der Waals surface area contributed by atoms with Gasteiger partial charge in [-0.15, -0.1) is 0 Å². The number of piperazine rings is 1. The first-order chi connectivity index (χ1) is 13.5. The lowest BCUT2D eigenvalue weighted by atomic mass is 10.0. The van der Waals surface area contributed by atoms with Crippen molar-refractivity contribution in [1.82, 2.24) is 9.88 Å². The Morgan fingerprint density at radius 3 is 2.54 bits per heavy atom. The van der Waals surface area contributed by atoms with E-state index in [1.807, 2.05) is 18.2 Å². The van der Waals surface area contributed by atoms with Crippen LogP contribution in [0.25, 0.3) is 0 Å². The maximum atomic E-state index is 12.2. The third kappa shape index (κ3) is 5.43. The molecule has 2 heterocycles. The molecule has 1 amide bonds. The van der Waals surface area contributed by atoms with Crippen molar-refractivity contribution in [3.63, 3.8) is 0 Å². The van der Waals surface area contributed by atoms with Crippen molar-refractivity contribution < 1.29 is 19.8 Å². The number of nitrogens with one attached hydrogen (secondary N) is 1. The number of aromatic hydroxyl groups is 1. The van der Waals surface area contributed by atoms with E-state index in [0.717, 1.165) is 18.9 Å². The van der Waals surface area contributed by atoms with Crippen LogP contribution in [0.3, 0.4) is 0 Å². The van der Waals surface area contributed by atoms with Crippen molar-refractivity contribution in [3.05, 3.63) is 48.7 Å². The van der Waals surface area contributed by atoms with E-state index in [0.29, 0.717) is 25.3 Å². The Hall–Kier alpha value is -3.13. The minimum atomic E-state index is -0.988. The second-order valence-electron chi connectivity index (χ2n) is 6.81. The number of hydrogen-bond acceptors (Lipinski definition) is 6. The summed E-state index contributed by atoms with van der Waals surface area (Å²) in [6.07, 6.45) is 1.64. The number of carbonyl (C=O) groups is 2. The number of phenols is 1. The molecule has 0 saturated carbocycles. The topological polar surface area (TPSA) is 106 Å². The summed E-state index contributed by atoms with van der Waals surface area (Å²) in [5.74, 6) is -1.21. The summed E-state index contributed by atoms with van der Waals surface area (Å²) in [6, 6.07) is 12.0. The Kier molecular flexibility index (Phi) is 6.44. The molecule has 8 heteroatoms. The van der Waals surface area contributed by atoms with Gasteiger partial charge in [0.2, 0.25) is 5.91 Å². The molecular formula is C20H24N4O4. The highest BCUT2D eigenvalue weighted by molar-refractivity contribution is 5.93. The number of benzene rings is 1. The number of carboxylic acids is 1. The van der Waals surface area contributed by atoms with Gasteiger partial charge in [-0.3, -0.25) is 14.5 Å². The Morgan fingerprint density at radius 2 is 1.89 bits per heavy atom. The maximum Gasteiger partial charge on any atom is 0.308 e. The fourth-order valence-electron chi connectivity index (χ4n) is 3.26. The van der Waals surface area contributed by atoms with Crippen LogP contribution >= 0.6 is 0 Å². The molecule has 1 fully saturated rings. The normalized spacial score (nSPS) is 15.8. The fraction of sp³-hybridized carbons (Fsp3) is 0.350. The lowest BCUT2D eigenvalue weighted by Crippen LogP contribution is -2.49. The van der Waals surface area contributed by atoms with Crippen LogP contribution < -0.4 is 10.2 Å². The molecule has 1 atom stereocenters. The molecule has 8 nitrogen and oxygen atoms in total. The first-order valence-electron chi connectivity index (χ1n) is 9.21. The molecule has 148 valence electrons. The SMILES string of the molecule is O=C(CC(CN1CCN(c2ccccn2)CC1)C(=O)O)Nc1cccc(O)c1. The summed E-state index contributed by atoms with van der Waals surface area (Å²) >= 11 is 0. The van der Waals surface area contributed by atoms with E-state index in [2.05, 4.69) is 20.1 Å². The molecule has 2 aromatic rings. The zero-order valence-corrected chi connectivity index (χ0v) is 15.5. The summed E-state index contributed by atoms with van der Waals surface area (Å²) in [7, 11) is 0. The second-order valence-corrected chi connectivity index (χ2v) is 6.81. The molecule has 28 heavy (non-hydrogen) atoms. The third-order valence-electron chi connectivity index (χ3n) is 4.74. The van der Waals surface area contributed by atoms with E-state index in [4.69, 9.17) is 0 Å². The lowest BCUT2D eigenvalue weighted by molar-refractivity contribution is -0.144. The Morgan fingerprint density at radius 1 is 1.11 bits per heavy atom. The molecule has 1 unspecified atom stereocenters. The standard InChI is InChI=1S/C20H24N4O4/c25-17-5-3-4-16(13-17)22-19(26)12-15(20(27)28)14-23-8-10-24(11-9-23)18-6-1-2-7-21-18/h1-7,13,15,25H,8-12,14H2,(H,22,26)(H,27,28). The van der Waals surface area contributed by atoms with Gasteiger partial charge < -0.3 is 20.4 Å². The highest BCUT2D eigenvalue weighted by Gasteiger charge is 2.26. The van der Waals surface area contributed by atoms with Crippen molar-refractivity contribution in [1.29, 1.82) is 0 Å². The van der Waals surface area contributed by atoms with Crippen LogP contribution in [0.15, 0.2) is 48.7 Å². The van der Waals surface area contributed by atoms with Crippen molar-refractivity contribution in [3.8, 4) is 5.75 Å². The van der Waals surface area contributed by atoms with Crippen molar-refractivity contribution in [2.24, 2.45) is 5.92 Å². The number of aliphatic carboxylic acids is 1. The molecule has 1 aromatic carbocycles. The quantitative estimate of drug-likeness (QED) is 0.666. The minimum Gasteiger partial charge on any atom is -0.508 e. The second kappa shape index (κ2) is 9.18. The molecule has 0 radical (unpaired) electrons. The van der Waals surface area contributed by atoms with Crippen molar-refractivity contribution in [2.75, 3.05) is 42.9 Å². The highest BCUT2D eigenvalue weighted by atomic mass is 16.4. The number of rotatable bonds is 7. The molecule has 1 aliphatic rings. The van der Waals surface area contributed by atoms with Gasteiger partial charge in [0.1, 0.15) is 11.6 Å². The van der Waals surface area contributed by atoms with E-state index in [1.165, 1.54) is 12.1 Å². The van der Waals surface area contributed by atoms with Crippen LogP contribution in [0.4, 0.5) is 11.5 Å². The van der Waals surface area contributed by atoms with Gasteiger partial charge in [-0.25, -0.2) is 4.98 Å². The van der Waals surface area contributed by atoms with Crippen LogP contribution in [0.5, 0.6) is 5.75 Å². The lowest BCUT2D eigenvalue weighted by Gasteiger charge is -2.36.